The van der Waals surface area contributed by atoms with E-state index in [9.17, 15) is 0 Å². The summed E-state index contributed by atoms with van der Waals surface area (Å²) >= 11 is 0. The average molecular weight is 283 g/mol. The molecular formula is C19H25NO. The highest BCUT2D eigenvalue weighted by Gasteiger charge is 2.08. The van der Waals surface area contributed by atoms with Crippen molar-refractivity contribution in [2.24, 2.45) is 0 Å². The summed E-state index contributed by atoms with van der Waals surface area (Å²) in [4.78, 5) is 0. The molecule has 1 unspecified atom stereocenters. The van der Waals surface area contributed by atoms with Gasteiger partial charge in [0, 0.05) is 11.7 Å². The Morgan fingerprint density at radius 2 is 1.76 bits per heavy atom. The molecule has 0 spiro atoms. The molecule has 0 heterocycles. The first-order valence-electron chi connectivity index (χ1n) is 7.67. The number of rotatable bonds is 6. The fourth-order valence-electron chi connectivity index (χ4n) is 2.30. The molecule has 2 aromatic carbocycles. The first kappa shape index (κ1) is 15.4. The molecule has 0 aliphatic rings. The van der Waals surface area contributed by atoms with Crippen LogP contribution in [0.1, 0.15) is 43.0 Å². The Balaban J connectivity index is 2.06. The third kappa shape index (κ3) is 4.01. The van der Waals surface area contributed by atoms with Gasteiger partial charge in [-0.15, -0.1) is 0 Å². The van der Waals surface area contributed by atoms with E-state index in [4.69, 9.17) is 4.74 Å². The predicted octanol–water partition coefficient (Wildman–Crippen LogP) is 5.27. The molecule has 0 aliphatic carbocycles. The van der Waals surface area contributed by atoms with Gasteiger partial charge >= 0.3 is 0 Å². The van der Waals surface area contributed by atoms with Gasteiger partial charge in [-0.1, -0.05) is 31.2 Å². The van der Waals surface area contributed by atoms with Crippen molar-refractivity contribution < 1.29 is 4.74 Å². The predicted molar refractivity (Wildman–Crippen MR) is 90.2 cm³/mol. The number of benzene rings is 2. The second-order valence-electron chi connectivity index (χ2n) is 5.53. The number of hydrogen-bond acceptors (Lipinski definition) is 2. The Morgan fingerprint density at radius 1 is 1.05 bits per heavy atom. The van der Waals surface area contributed by atoms with Crippen LogP contribution < -0.4 is 10.1 Å². The van der Waals surface area contributed by atoms with Crippen molar-refractivity contribution in [3.8, 4) is 5.75 Å². The van der Waals surface area contributed by atoms with E-state index in [2.05, 4.69) is 63.3 Å². The lowest BCUT2D eigenvalue weighted by atomic mass is 10.0. The molecule has 0 bridgehead atoms. The van der Waals surface area contributed by atoms with Gasteiger partial charge < -0.3 is 10.1 Å². The minimum absolute atomic E-state index is 0.269. The Kier molecular flexibility index (Phi) is 5.26. The van der Waals surface area contributed by atoms with E-state index in [1.807, 2.05) is 12.1 Å². The first-order valence-corrected chi connectivity index (χ1v) is 7.67. The molecule has 1 N–H and O–H groups in total. The molecule has 2 nitrogen and oxygen atoms in total. The van der Waals surface area contributed by atoms with E-state index in [0.29, 0.717) is 0 Å². The fourth-order valence-corrected chi connectivity index (χ4v) is 2.30. The van der Waals surface area contributed by atoms with Gasteiger partial charge in [0.25, 0.3) is 0 Å². The molecular weight excluding hydrogens is 258 g/mol. The number of aryl methyl sites for hydroxylation is 1. The third-order valence-corrected chi connectivity index (χ3v) is 3.83. The van der Waals surface area contributed by atoms with Crippen LogP contribution in [0.25, 0.3) is 0 Å². The Hall–Kier alpha value is -1.96. The lowest BCUT2D eigenvalue weighted by molar-refractivity contribution is 0.317. The summed E-state index contributed by atoms with van der Waals surface area (Å²) in [6, 6.07) is 15.0. The molecule has 0 saturated carbocycles. The molecule has 1 atom stereocenters. The number of hydrogen-bond donors (Lipinski definition) is 1. The van der Waals surface area contributed by atoms with Gasteiger partial charge in [-0.3, -0.25) is 0 Å². The third-order valence-electron chi connectivity index (χ3n) is 3.83. The highest BCUT2D eigenvalue weighted by molar-refractivity contribution is 5.55. The molecule has 0 aliphatic heterocycles. The number of ether oxygens (including phenoxy) is 1. The van der Waals surface area contributed by atoms with Gasteiger partial charge in [-0.25, -0.2) is 0 Å². The lowest BCUT2D eigenvalue weighted by Crippen LogP contribution is -2.08. The maximum absolute atomic E-state index is 5.62. The van der Waals surface area contributed by atoms with Crippen LogP contribution in [-0.2, 0) is 0 Å². The van der Waals surface area contributed by atoms with E-state index in [0.717, 1.165) is 18.8 Å². The minimum Gasteiger partial charge on any atom is -0.494 e. The fraction of sp³-hybridized carbons (Fsp3) is 0.368. The van der Waals surface area contributed by atoms with Crippen LogP contribution in [0.3, 0.4) is 0 Å². The zero-order valence-electron chi connectivity index (χ0n) is 13.4. The molecule has 0 fully saturated rings. The normalized spacial score (nSPS) is 12.0. The van der Waals surface area contributed by atoms with Gasteiger partial charge in [0.2, 0.25) is 0 Å². The maximum atomic E-state index is 5.62. The zero-order valence-corrected chi connectivity index (χ0v) is 13.4. The second kappa shape index (κ2) is 7.16. The molecule has 0 amide bonds. The van der Waals surface area contributed by atoms with E-state index in [1.165, 1.54) is 22.4 Å². The molecule has 2 heteroatoms. The van der Waals surface area contributed by atoms with Crippen molar-refractivity contribution >= 4 is 5.69 Å². The minimum atomic E-state index is 0.269. The molecule has 0 saturated heterocycles. The van der Waals surface area contributed by atoms with Crippen molar-refractivity contribution in [1.29, 1.82) is 0 Å². The number of anilines is 1. The Morgan fingerprint density at radius 3 is 2.43 bits per heavy atom. The van der Waals surface area contributed by atoms with Crippen molar-refractivity contribution in [2.45, 2.75) is 40.2 Å². The van der Waals surface area contributed by atoms with Crippen molar-refractivity contribution in [3.63, 3.8) is 0 Å². The molecule has 21 heavy (non-hydrogen) atoms. The van der Waals surface area contributed by atoms with Crippen LogP contribution in [0.15, 0.2) is 42.5 Å². The number of nitrogens with one attached hydrogen (secondary N) is 1. The molecule has 2 rings (SSSR count). The van der Waals surface area contributed by atoms with Crippen LogP contribution in [0.2, 0.25) is 0 Å². The van der Waals surface area contributed by atoms with Crippen molar-refractivity contribution in [2.75, 3.05) is 11.9 Å². The largest absolute Gasteiger partial charge is 0.494 e. The van der Waals surface area contributed by atoms with Crippen molar-refractivity contribution in [3.05, 3.63) is 59.2 Å². The van der Waals surface area contributed by atoms with Crippen molar-refractivity contribution in [1.82, 2.24) is 0 Å². The van der Waals surface area contributed by atoms with Crippen LogP contribution in [0.5, 0.6) is 5.75 Å². The summed E-state index contributed by atoms with van der Waals surface area (Å²) in [5.41, 5.74) is 5.09. The smallest absolute Gasteiger partial charge is 0.119 e. The molecule has 0 aromatic heterocycles. The summed E-state index contributed by atoms with van der Waals surface area (Å²) in [5.74, 6) is 0.944. The summed E-state index contributed by atoms with van der Waals surface area (Å²) in [6.07, 6.45) is 1.03. The SMILES string of the molecule is CCCOc1ccc(C(C)Nc2cccc(C)c2C)cc1. The standard InChI is InChI=1S/C19H25NO/c1-5-13-21-18-11-9-17(10-12-18)16(4)20-19-8-6-7-14(2)15(19)3/h6-12,16,20H,5,13H2,1-4H3. The zero-order chi connectivity index (χ0) is 15.2. The summed E-state index contributed by atoms with van der Waals surface area (Å²) < 4.78 is 5.62. The average Bonchev–Trinajstić information content (AvgIpc) is 2.50. The van der Waals surface area contributed by atoms with E-state index >= 15 is 0 Å². The van der Waals surface area contributed by atoms with Crippen LogP contribution in [0, 0.1) is 13.8 Å². The van der Waals surface area contributed by atoms with Gasteiger partial charge in [-0.2, -0.15) is 0 Å². The van der Waals surface area contributed by atoms with Gasteiger partial charge in [0.05, 0.1) is 6.61 Å². The Labute approximate surface area is 128 Å². The molecule has 0 radical (unpaired) electrons. The van der Waals surface area contributed by atoms with Crippen LogP contribution in [-0.4, -0.2) is 6.61 Å². The highest BCUT2D eigenvalue weighted by Crippen LogP contribution is 2.25. The first-order chi connectivity index (χ1) is 10.1. The van der Waals surface area contributed by atoms with Gasteiger partial charge in [-0.05, 0) is 62.1 Å². The van der Waals surface area contributed by atoms with Crippen LogP contribution in [0.4, 0.5) is 5.69 Å². The highest BCUT2D eigenvalue weighted by atomic mass is 16.5. The van der Waals surface area contributed by atoms with Crippen LogP contribution >= 0.6 is 0 Å². The Bertz CT molecular complexity index is 575. The van der Waals surface area contributed by atoms with E-state index in [-0.39, 0.29) is 6.04 Å². The molecule has 2 aromatic rings. The lowest BCUT2D eigenvalue weighted by Gasteiger charge is -2.18. The van der Waals surface area contributed by atoms with Gasteiger partial charge in [0.15, 0.2) is 0 Å². The van der Waals surface area contributed by atoms with E-state index in [1.54, 1.807) is 0 Å². The second-order valence-corrected chi connectivity index (χ2v) is 5.53. The van der Waals surface area contributed by atoms with Gasteiger partial charge in [0.1, 0.15) is 5.75 Å². The summed E-state index contributed by atoms with van der Waals surface area (Å²) in [6.45, 7) is 9.38. The molecule has 112 valence electrons. The topological polar surface area (TPSA) is 21.3 Å². The summed E-state index contributed by atoms with van der Waals surface area (Å²) in [7, 11) is 0. The maximum Gasteiger partial charge on any atom is 0.119 e. The monoisotopic (exact) mass is 283 g/mol. The van der Waals surface area contributed by atoms with E-state index < -0.39 is 0 Å². The quantitative estimate of drug-likeness (QED) is 0.780. The summed E-state index contributed by atoms with van der Waals surface area (Å²) in [5, 5.41) is 3.59.